The Morgan fingerprint density at radius 1 is 1.00 bits per heavy atom. The zero-order chi connectivity index (χ0) is 18.1. The maximum absolute atomic E-state index is 12.7. The average molecular weight is 377 g/mol. The zero-order valence-electron chi connectivity index (χ0n) is 14.4. The van der Waals surface area contributed by atoms with Crippen molar-refractivity contribution in [2.45, 2.75) is 12.8 Å². The van der Waals surface area contributed by atoms with Crippen LogP contribution in [-0.4, -0.2) is 61.0 Å². The quantitative estimate of drug-likeness (QED) is 0.808. The van der Waals surface area contributed by atoms with Crippen LogP contribution in [-0.2, 0) is 9.53 Å². The van der Waals surface area contributed by atoms with Crippen molar-refractivity contribution >= 4 is 34.4 Å². The van der Waals surface area contributed by atoms with Gasteiger partial charge in [-0.3, -0.25) is 9.59 Å². The van der Waals surface area contributed by atoms with Crippen molar-refractivity contribution in [3.63, 3.8) is 0 Å². The van der Waals surface area contributed by atoms with Gasteiger partial charge in [0.25, 0.3) is 5.91 Å². The van der Waals surface area contributed by atoms with Crippen molar-refractivity contribution in [2.24, 2.45) is 5.92 Å². The number of nitrogens with zero attached hydrogens (tertiary/aromatic N) is 2. The fraction of sp³-hybridized carbons (Fsp3) is 0.474. The molecule has 2 saturated heterocycles. The lowest BCUT2D eigenvalue weighted by molar-refractivity contribution is -0.141. The number of halogens is 1. The van der Waals surface area contributed by atoms with Crippen LogP contribution in [0.5, 0.6) is 0 Å². The topological polar surface area (TPSA) is 63.0 Å². The van der Waals surface area contributed by atoms with Gasteiger partial charge in [-0.25, -0.2) is 0 Å². The summed E-state index contributed by atoms with van der Waals surface area (Å²) in [5.74, 6) is 0.375. The van der Waals surface area contributed by atoms with Crippen LogP contribution in [0.1, 0.15) is 23.4 Å². The van der Waals surface area contributed by atoms with E-state index in [4.69, 9.17) is 20.8 Å². The number of likely N-dealkylation sites (tertiary alicyclic amines) is 1. The van der Waals surface area contributed by atoms with E-state index in [1.54, 1.807) is 29.2 Å². The number of carbonyl (C=O) groups excluding carboxylic acids is 2. The van der Waals surface area contributed by atoms with Gasteiger partial charge in [-0.15, -0.1) is 0 Å². The third-order valence-corrected chi connectivity index (χ3v) is 5.38. The first-order chi connectivity index (χ1) is 12.6. The smallest absolute Gasteiger partial charge is 0.289 e. The van der Waals surface area contributed by atoms with Gasteiger partial charge >= 0.3 is 0 Å². The van der Waals surface area contributed by atoms with Crippen molar-refractivity contribution in [3.05, 3.63) is 35.0 Å². The Morgan fingerprint density at radius 3 is 2.46 bits per heavy atom. The van der Waals surface area contributed by atoms with Crippen molar-refractivity contribution in [1.82, 2.24) is 9.80 Å². The Morgan fingerprint density at radius 2 is 1.73 bits per heavy atom. The summed E-state index contributed by atoms with van der Waals surface area (Å²) in [6, 6.07) is 7.02. The molecule has 1 aromatic carbocycles. The highest BCUT2D eigenvalue weighted by molar-refractivity contribution is 6.31. The number of fused-ring (bicyclic) bond motifs is 1. The van der Waals surface area contributed by atoms with E-state index in [-0.39, 0.29) is 17.7 Å². The van der Waals surface area contributed by atoms with Gasteiger partial charge in [-0.1, -0.05) is 11.6 Å². The summed E-state index contributed by atoms with van der Waals surface area (Å²) in [6.45, 7) is 3.69. The van der Waals surface area contributed by atoms with Gasteiger partial charge in [0.2, 0.25) is 5.91 Å². The van der Waals surface area contributed by atoms with Crippen LogP contribution in [0.25, 0.3) is 11.0 Å². The SMILES string of the molecule is O=C(c1cc2cc(Cl)ccc2o1)N1CCC(C(=O)N2CCOCC2)CC1. The molecular formula is C19H21ClN2O4. The van der Waals surface area contributed by atoms with Crippen LogP contribution in [0, 0.1) is 5.92 Å². The second-order valence-electron chi connectivity index (χ2n) is 6.80. The van der Waals surface area contributed by atoms with Crippen LogP contribution in [0.4, 0.5) is 0 Å². The molecule has 4 rings (SSSR count). The molecule has 2 amide bonds. The zero-order valence-corrected chi connectivity index (χ0v) is 15.2. The van der Waals surface area contributed by atoms with E-state index in [0.29, 0.717) is 68.6 Å². The van der Waals surface area contributed by atoms with E-state index in [9.17, 15) is 9.59 Å². The summed E-state index contributed by atoms with van der Waals surface area (Å²) in [7, 11) is 0. The van der Waals surface area contributed by atoms with Crippen molar-refractivity contribution in [2.75, 3.05) is 39.4 Å². The molecule has 2 aliphatic rings. The van der Waals surface area contributed by atoms with Crippen LogP contribution in [0.2, 0.25) is 5.02 Å². The molecule has 7 heteroatoms. The monoisotopic (exact) mass is 376 g/mol. The summed E-state index contributed by atoms with van der Waals surface area (Å²) >= 11 is 5.99. The van der Waals surface area contributed by atoms with Crippen molar-refractivity contribution in [3.8, 4) is 0 Å². The standard InChI is InChI=1S/C19H21ClN2O4/c20-15-1-2-16-14(11-15)12-17(26-16)19(24)21-5-3-13(4-6-21)18(23)22-7-9-25-10-8-22/h1-2,11-13H,3-10H2. The van der Waals surface area contributed by atoms with E-state index in [0.717, 1.165) is 5.39 Å². The van der Waals surface area contributed by atoms with Crippen LogP contribution >= 0.6 is 11.6 Å². The Bertz CT molecular complexity index is 820. The molecule has 0 unspecified atom stereocenters. The van der Waals surface area contributed by atoms with Gasteiger partial charge in [-0.2, -0.15) is 0 Å². The summed E-state index contributed by atoms with van der Waals surface area (Å²) in [4.78, 5) is 29.0. The van der Waals surface area contributed by atoms with E-state index in [1.807, 2.05) is 4.90 Å². The molecule has 2 aliphatic heterocycles. The molecule has 2 fully saturated rings. The van der Waals surface area contributed by atoms with Crippen LogP contribution in [0.15, 0.2) is 28.7 Å². The average Bonchev–Trinajstić information content (AvgIpc) is 3.11. The fourth-order valence-corrected chi connectivity index (χ4v) is 3.83. The Hall–Kier alpha value is -2.05. The van der Waals surface area contributed by atoms with Crippen molar-refractivity contribution < 1.29 is 18.7 Å². The maximum Gasteiger partial charge on any atom is 0.289 e. The van der Waals surface area contributed by atoms with Crippen LogP contribution < -0.4 is 0 Å². The maximum atomic E-state index is 12.7. The minimum atomic E-state index is -0.130. The Kier molecular flexibility index (Phi) is 4.87. The fourth-order valence-electron chi connectivity index (χ4n) is 3.65. The lowest BCUT2D eigenvalue weighted by Crippen LogP contribution is -2.47. The number of morpholine rings is 1. The molecule has 3 heterocycles. The number of rotatable bonds is 2. The second kappa shape index (κ2) is 7.29. The molecule has 138 valence electrons. The Labute approximate surface area is 156 Å². The molecule has 26 heavy (non-hydrogen) atoms. The molecule has 6 nitrogen and oxygen atoms in total. The number of ether oxygens (including phenoxy) is 1. The number of furan rings is 1. The predicted octanol–water partition coefficient (Wildman–Crippen LogP) is 2.80. The minimum Gasteiger partial charge on any atom is -0.451 e. The normalized spacial score (nSPS) is 19.1. The molecule has 2 aromatic rings. The largest absolute Gasteiger partial charge is 0.451 e. The molecule has 0 radical (unpaired) electrons. The molecule has 0 atom stereocenters. The first kappa shape index (κ1) is 17.4. The number of carbonyl (C=O) groups is 2. The molecule has 1 aromatic heterocycles. The summed E-state index contributed by atoms with van der Waals surface area (Å²) in [5.41, 5.74) is 0.648. The highest BCUT2D eigenvalue weighted by Crippen LogP contribution is 2.26. The summed E-state index contributed by atoms with van der Waals surface area (Å²) in [5, 5.41) is 1.43. The molecule has 0 saturated carbocycles. The third-order valence-electron chi connectivity index (χ3n) is 5.14. The summed E-state index contributed by atoms with van der Waals surface area (Å²) in [6.07, 6.45) is 1.38. The Balaban J connectivity index is 1.38. The molecular weight excluding hydrogens is 356 g/mol. The van der Waals surface area contributed by atoms with Crippen molar-refractivity contribution in [1.29, 1.82) is 0 Å². The molecule has 0 spiro atoms. The number of piperidine rings is 1. The minimum absolute atomic E-state index is 0.00775. The van der Waals surface area contributed by atoms with E-state index < -0.39 is 0 Å². The number of hydrogen-bond donors (Lipinski definition) is 0. The molecule has 0 N–H and O–H groups in total. The van der Waals surface area contributed by atoms with Gasteiger partial charge < -0.3 is 19.0 Å². The van der Waals surface area contributed by atoms with E-state index >= 15 is 0 Å². The van der Waals surface area contributed by atoms with Gasteiger partial charge in [0.15, 0.2) is 5.76 Å². The van der Waals surface area contributed by atoms with Crippen LogP contribution in [0.3, 0.4) is 0 Å². The summed E-state index contributed by atoms with van der Waals surface area (Å²) < 4.78 is 11.0. The van der Waals surface area contributed by atoms with Gasteiger partial charge in [-0.05, 0) is 37.1 Å². The van der Waals surface area contributed by atoms with Gasteiger partial charge in [0.1, 0.15) is 5.58 Å². The molecule has 0 aliphatic carbocycles. The van der Waals surface area contributed by atoms with E-state index in [1.165, 1.54) is 0 Å². The second-order valence-corrected chi connectivity index (χ2v) is 7.23. The first-order valence-corrected chi connectivity index (χ1v) is 9.34. The third kappa shape index (κ3) is 3.44. The van der Waals surface area contributed by atoms with E-state index in [2.05, 4.69) is 0 Å². The highest BCUT2D eigenvalue weighted by atomic mass is 35.5. The predicted molar refractivity (Wildman–Crippen MR) is 97.3 cm³/mol. The van der Waals surface area contributed by atoms with Gasteiger partial charge in [0, 0.05) is 42.5 Å². The lowest BCUT2D eigenvalue weighted by Gasteiger charge is -2.35. The molecule has 0 bridgehead atoms. The lowest BCUT2D eigenvalue weighted by atomic mass is 9.95. The first-order valence-electron chi connectivity index (χ1n) is 8.97. The highest BCUT2D eigenvalue weighted by Gasteiger charge is 2.32. The van der Waals surface area contributed by atoms with Gasteiger partial charge in [0.05, 0.1) is 13.2 Å². The number of amides is 2. The number of benzene rings is 1. The number of hydrogen-bond acceptors (Lipinski definition) is 4.